The number of benzene rings is 1. The quantitative estimate of drug-likeness (QED) is 0.898. The zero-order valence-electron chi connectivity index (χ0n) is 12.9. The first-order valence-electron chi connectivity index (χ1n) is 7.68. The Balaban J connectivity index is 1.79. The van der Waals surface area contributed by atoms with Crippen molar-refractivity contribution in [3.63, 3.8) is 0 Å². The van der Waals surface area contributed by atoms with Crippen molar-refractivity contribution >= 4 is 0 Å². The van der Waals surface area contributed by atoms with Crippen molar-refractivity contribution in [1.82, 2.24) is 4.90 Å². The van der Waals surface area contributed by atoms with Crippen LogP contribution in [0.4, 0.5) is 0 Å². The fourth-order valence-electron chi connectivity index (χ4n) is 2.75. The topological polar surface area (TPSA) is 32.7 Å². The molecule has 0 aromatic heterocycles. The molecule has 0 amide bonds. The summed E-state index contributed by atoms with van der Waals surface area (Å²) in [5.74, 6) is 0.846. The predicted octanol–water partition coefficient (Wildman–Crippen LogP) is 2.92. The summed E-state index contributed by atoms with van der Waals surface area (Å²) in [6.07, 6.45) is 3.38. The van der Waals surface area contributed by atoms with E-state index >= 15 is 0 Å². The Labute approximate surface area is 122 Å². The molecule has 0 aliphatic carbocycles. The Morgan fingerprint density at radius 2 is 2.10 bits per heavy atom. The summed E-state index contributed by atoms with van der Waals surface area (Å²) in [4.78, 5) is 2.37. The number of aryl methyl sites for hydroxylation is 2. The van der Waals surface area contributed by atoms with Gasteiger partial charge in [-0.1, -0.05) is 12.5 Å². The van der Waals surface area contributed by atoms with Gasteiger partial charge in [0.05, 0.1) is 0 Å². The largest absolute Gasteiger partial charge is 0.491 e. The molecule has 1 heterocycles. The Kier molecular flexibility index (Phi) is 5.44. The van der Waals surface area contributed by atoms with Crippen molar-refractivity contribution < 1.29 is 9.84 Å². The van der Waals surface area contributed by atoms with Crippen LogP contribution in [-0.4, -0.2) is 41.8 Å². The molecule has 1 aromatic rings. The van der Waals surface area contributed by atoms with Crippen molar-refractivity contribution in [2.75, 3.05) is 19.7 Å². The van der Waals surface area contributed by atoms with Crippen molar-refractivity contribution in [2.24, 2.45) is 0 Å². The lowest BCUT2D eigenvalue weighted by Crippen LogP contribution is -2.43. The average Bonchev–Trinajstić information content (AvgIpc) is 2.43. The van der Waals surface area contributed by atoms with Crippen LogP contribution in [0.3, 0.4) is 0 Å². The fraction of sp³-hybridized carbons (Fsp3) is 0.647. The lowest BCUT2D eigenvalue weighted by molar-refractivity contribution is 0.0437. The smallest absolute Gasteiger partial charge is 0.119 e. The van der Waals surface area contributed by atoms with E-state index in [0.29, 0.717) is 19.2 Å². The first kappa shape index (κ1) is 15.3. The lowest BCUT2D eigenvalue weighted by atomic mass is 10.0. The van der Waals surface area contributed by atoms with Crippen molar-refractivity contribution in [3.05, 3.63) is 29.3 Å². The highest BCUT2D eigenvalue weighted by Gasteiger charge is 2.20. The van der Waals surface area contributed by atoms with E-state index in [9.17, 15) is 5.11 Å². The molecular formula is C17H27NO2. The molecule has 1 aromatic carbocycles. The number of aliphatic hydroxyl groups is 1. The van der Waals surface area contributed by atoms with Gasteiger partial charge in [-0.25, -0.2) is 0 Å². The lowest BCUT2D eigenvalue weighted by Gasteiger charge is -2.34. The second-order valence-corrected chi connectivity index (χ2v) is 6.05. The molecule has 1 aliphatic heterocycles. The van der Waals surface area contributed by atoms with E-state index in [0.717, 1.165) is 12.3 Å². The summed E-state index contributed by atoms with van der Waals surface area (Å²) < 4.78 is 5.70. The molecule has 0 spiro atoms. The molecule has 112 valence electrons. The van der Waals surface area contributed by atoms with E-state index in [1.807, 2.05) is 12.1 Å². The monoisotopic (exact) mass is 277 g/mol. The molecule has 0 saturated carbocycles. The number of piperidine rings is 1. The molecule has 0 radical (unpaired) electrons. The molecule has 0 bridgehead atoms. The van der Waals surface area contributed by atoms with Gasteiger partial charge in [0.1, 0.15) is 18.5 Å². The Morgan fingerprint density at radius 3 is 2.80 bits per heavy atom. The van der Waals surface area contributed by atoms with Crippen LogP contribution in [0.15, 0.2) is 18.2 Å². The third-order valence-electron chi connectivity index (χ3n) is 4.31. The molecule has 20 heavy (non-hydrogen) atoms. The molecular weight excluding hydrogens is 250 g/mol. The van der Waals surface area contributed by atoms with Gasteiger partial charge < -0.3 is 9.84 Å². The van der Waals surface area contributed by atoms with E-state index in [4.69, 9.17) is 4.74 Å². The van der Waals surface area contributed by atoms with Gasteiger partial charge in [-0.2, -0.15) is 0 Å². The van der Waals surface area contributed by atoms with Crippen molar-refractivity contribution in [2.45, 2.75) is 52.2 Å². The normalized spacial score (nSPS) is 21.7. The van der Waals surface area contributed by atoms with Crippen LogP contribution in [0.5, 0.6) is 5.75 Å². The van der Waals surface area contributed by atoms with Crippen molar-refractivity contribution in [3.8, 4) is 5.75 Å². The summed E-state index contributed by atoms with van der Waals surface area (Å²) in [7, 11) is 0. The van der Waals surface area contributed by atoms with Gasteiger partial charge in [0.2, 0.25) is 0 Å². The van der Waals surface area contributed by atoms with Crippen LogP contribution in [0, 0.1) is 13.8 Å². The number of hydrogen-bond acceptors (Lipinski definition) is 3. The molecule has 0 unspecified atom stereocenters. The zero-order chi connectivity index (χ0) is 14.5. The Bertz CT molecular complexity index is 433. The number of likely N-dealkylation sites (tertiary alicyclic amines) is 1. The summed E-state index contributed by atoms with van der Waals surface area (Å²) in [5, 5.41) is 10.1. The number of aliphatic hydroxyl groups excluding tert-OH is 1. The minimum atomic E-state index is -0.419. The minimum Gasteiger partial charge on any atom is -0.491 e. The zero-order valence-corrected chi connectivity index (χ0v) is 12.9. The number of ether oxygens (including phenoxy) is 1. The highest BCUT2D eigenvalue weighted by Crippen LogP contribution is 2.18. The molecule has 1 aliphatic rings. The number of rotatable bonds is 5. The third kappa shape index (κ3) is 4.22. The van der Waals surface area contributed by atoms with E-state index in [1.165, 1.54) is 30.4 Å². The second-order valence-electron chi connectivity index (χ2n) is 6.05. The highest BCUT2D eigenvalue weighted by atomic mass is 16.5. The van der Waals surface area contributed by atoms with Gasteiger partial charge in [-0.3, -0.25) is 4.90 Å². The fourth-order valence-corrected chi connectivity index (χ4v) is 2.75. The molecule has 3 heteroatoms. The van der Waals surface area contributed by atoms with Crippen LogP contribution in [-0.2, 0) is 0 Å². The molecule has 2 rings (SSSR count). The van der Waals surface area contributed by atoms with Crippen LogP contribution in [0.25, 0.3) is 0 Å². The molecule has 1 fully saturated rings. The van der Waals surface area contributed by atoms with Gasteiger partial charge >= 0.3 is 0 Å². The predicted molar refractivity (Wildman–Crippen MR) is 82.3 cm³/mol. The average molecular weight is 277 g/mol. The van der Waals surface area contributed by atoms with Crippen LogP contribution >= 0.6 is 0 Å². The van der Waals surface area contributed by atoms with E-state index in [-0.39, 0.29) is 0 Å². The third-order valence-corrected chi connectivity index (χ3v) is 4.31. The summed E-state index contributed by atoms with van der Waals surface area (Å²) in [5.41, 5.74) is 2.49. The van der Waals surface area contributed by atoms with Gasteiger partial charge in [-0.15, -0.1) is 0 Å². The number of hydrogen-bond donors (Lipinski definition) is 1. The second kappa shape index (κ2) is 7.09. The first-order valence-corrected chi connectivity index (χ1v) is 7.68. The maximum absolute atomic E-state index is 10.1. The molecule has 1 saturated heterocycles. The molecule has 2 atom stereocenters. The summed E-state index contributed by atoms with van der Waals surface area (Å²) >= 11 is 0. The van der Waals surface area contributed by atoms with Gasteiger partial charge in [-0.05, 0) is 63.4 Å². The summed E-state index contributed by atoms with van der Waals surface area (Å²) in [6, 6.07) is 6.65. The van der Waals surface area contributed by atoms with E-state index < -0.39 is 6.10 Å². The van der Waals surface area contributed by atoms with Crippen LogP contribution in [0.2, 0.25) is 0 Å². The maximum Gasteiger partial charge on any atom is 0.119 e. The Morgan fingerprint density at radius 1 is 1.30 bits per heavy atom. The molecule has 3 nitrogen and oxygen atoms in total. The van der Waals surface area contributed by atoms with Gasteiger partial charge in [0.15, 0.2) is 0 Å². The van der Waals surface area contributed by atoms with E-state index in [1.54, 1.807) is 0 Å². The highest BCUT2D eigenvalue weighted by molar-refractivity contribution is 5.33. The van der Waals surface area contributed by atoms with Gasteiger partial charge in [0.25, 0.3) is 0 Å². The summed E-state index contributed by atoms with van der Waals surface area (Å²) in [6.45, 7) is 8.59. The van der Waals surface area contributed by atoms with Crippen LogP contribution in [0.1, 0.15) is 37.3 Å². The van der Waals surface area contributed by atoms with Crippen molar-refractivity contribution in [1.29, 1.82) is 0 Å². The Hall–Kier alpha value is -1.06. The first-order chi connectivity index (χ1) is 9.56. The molecule has 1 N–H and O–H groups in total. The SMILES string of the molecule is Cc1ccc(OC[C@@H](O)CN2CCCC[C@H]2C)cc1C. The standard InChI is InChI=1S/C17H27NO2/c1-13-7-8-17(10-14(13)2)20-12-16(19)11-18-9-5-4-6-15(18)3/h7-8,10,15-16,19H,4-6,9,11-12H2,1-3H3/t15-,16+/m1/s1. The van der Waals surface area contributed by atoms with Crippen LogP contribution < -0.4 is 4.74 Å². The van der Waals surface area contributed by atoms with E-state index in [2.05, 4.69) is 31.7 Å². The number of β-amino-alcohol motifs (C(OH)–C–C–N with tert-alkyl or cyclic N) is 1. The number of nitrogens with zero attached hydrogens (tertiary/aromatic N) is 1. The minimum absolute atomic E-state index is 0.367. The van der Waals surface area contributed by atoms with Gasteiger partial charge in [0, 0.05) is 12.6 Å². The maximum atomic E-state index is 10.1.